The van der Waals surface area contributed by atoms with Gasteiger partial charge >= 0.3 is 0 Å². The molecule has 0 amide bonds. The van der Waals surface area contributed by atoms with Gasteiger partial charge in [-0.25, -0.2) is 4.98 Å². The summed E-state index contributed by atoms with van der Waals surface area (Å²) in [4.78, 5) is 3.78. The summed E-state index contributed by atoms with van der Waals surface area (Å²) in [5, 5.41) is 0. The summed E-state index contributed by atoms with van der Waals surface area (Å²) in [7, 11) is 0. The van der Waals surface area contributed by atoms with Gasteiger partial charge in [0.05, 0.1) is 0 Å². The van der Waals surface area contributed by atoms with E-state index in [-0.39, 0.29) is 0 Å². The van der Waals surface area contributed by atoms with Gasteiger partial charge in [0, 0.05) is 6.20 Å². The summed E-state index contributed by atoms with van der Waals surface area (Å²) in [5.41, 5.74) is 1.20. The van der Waals surface area contributed by atoms with Crippen molar-refractivity contribution in [1.29, 1.82) is 0 Å². The molecule has 0 bridgehead atoms. The molecule has 0 atom stereocenters. The molecule has 1 aromatic rings. The minimum Gasteiger partial charge on any atom is -0.248 e. The molecule has 2 heteroatoms. The van der Waals surface area contributed by atoms with E-state index in [1.165, 1.54) is 6.17 Å². The lowest BCUT2D eigenvalue weighted by Crippen LogP contribution is -1.81. The Bertz CT molecular complexity index is 283. The quantitative estimate of drug-likeness (QED) is 0.490. The molecular formula is C8H5FN. The number of pyridine rings is 1. The van der Waals surface area contributed by atoms with Crippen LogP contribution in [0.4, 0.5) is 4.39 Å². The number of aromatic nitrogens is 1. The predicted octanol–water partition coefficient (Wildman–Crippen LogP) is 1.54. The molecule has 1 heterocycles. The molecule has 0 saturated carbocycles. The Kier molecular flexibility index (Phi) is 2.01. The minimum absolute atomic E-state index is 0.412. The number of halogens is 1. The van der Waals surface area contributed by atoms with Crippen molar-refractivity contribution in [2.75, 3.05) is 0 Å². The van der Waals surface area contributed by atoms with Gasteiger partial charge in [-0.1, -0.05) is 0 Å². The minimum atomic E-state index is 0.412. The van der Waals surface area contributed by atoms with Crippen molar-refractivity contribution >= 4 is 0 Å². The zero-order valence-corrected chi connectivity index (χ0v) is 5.26. The number of hydrogen-bond donors (Lipinski definition) is 0. The van der Waals surface area contributed by atoms with Crippen molar-refractivity contribution in [1.82, 2.24) is 4.98 Å². The van der Waals surface area contributed by atoms with Crippen LogP contribution in [0.2, 0.25) is 0 Å². The van der Waals surface area contributed by atoms with Gasteiger partial charge in [-0.3, -0.25) is 0 Å². The first-order valence-electron chi connectivity index (χ1n) is 2.72. The topological polar surface area (TPSA) is 12.9 Å². The van der Waals surface area contributed by atoms with Crippen LogP contribution in [-0.4, -0.2) is 4.98 Å². The molecule has 0 N–H and O–H groups in total. The second-order valence-electron chi connectivity index (χ2n) is 1.77. The lowest BCUT2D eigenvalue weighted by molar-refractivity contribution is 0.773. The van der Waals surface area contributed by atoms with Crippen LogP contribution in [0, 0.1) is 19.0 Å². The SMILES string of the molecule is [CH2]c1ccnc(C#CF)c1. The van der Waals surface area contributed by atoms with Gasteiger partial charge in [0.15, 0.2) is 0 Å². The van der Waals surface area contributed by atoms with Gasteiger partial charge in [-0.15, -0.1) is 4.39 Å². The Morgan fingerprint density at radius 3 is 3.00 bits per heavy atom. The van der Waals surface area contributed by atoms with E-state index in [0.717, 1.165) is 5.56 Å². The largest absolute Gasteiger partial charge is 0.248 e. The van der Waals surface area contributed by atoms with Crippen LogP contribution < -0.4 is 0 Å². The maximum Gasteiger partial charge on any atom is 0.116 e. The van der Waals surface area contributed by atoms with Crippen LogP contribution in [0.5, 0.6) is 0 Å². The van der Waals surface area contributed by atoms with E-state index >= 15 is 0 Å². The van der Waals surface area contributed by atoms with Gasteiger partial charge in [0.2, 0.25) is 0 Å². The van der Waals surface area contributed by atoms with Crippen LogP contribution in [0.3, 0.4) is 0 Å². The predicted molar refractivity (Wildman–Crippen MR) is 36.7 cm³/mol. The standard InChI is InChI=1S/C8H5FN/c1-7-3-5-10-8(6-7)2-4-9/h3,5-6H,1H2. The summed E-state index contributed by atoms with van der Waals surface area (Å²) < 4.78 is 11.4. The normalized spacial score (nSPS) is 8.20. The van der Waals surface area contributed by atoms with Crippen LogP contribution in [-0.2, 0) is 0 Å². The Morgan fingerprint density at radius 2 is 2.40 bits per heavy atom. The van der Waals surface area contributed by atoms with Crippen LogP contribution >= 0.6 is 0 Å². The Hall–Kier alpha value is -1.36. The first kappa shape index (κ1) is 6.76. The summed E-state index contributed by atoms with van der Waals surface area (Å²) in [6, 6.07) is 3.34. The van der Waals surface area contributed by atoms with Gasteiger partial charge < -0.3 is 0 Å². The molecule has 0 unspecified atom stereocenters. The monoisotopic (exact) mass is 134 g/mol. The highest BCUT2D eigenvalue weighted by atomic mass is 19.1. The number of nitrogens with zero attached hydrogens (tertiary/aromatic N) is 1. The molecule has 0 aliphatic carbocycles. The molecule has 10 heavy (non-hydrogen) atoms. The van der Waals surface area contributed by atoms with E-state index in [1.54, 1.807) is 18.3 Å². The highest BCUT2D eigenvalue weighted by Crippen LogP contribution is 1.97. The fraction of sp³-hybridized carbons (Fsp3) is 0. The third kappa shape index (κ3) is 1.56. The fourth-order valence-electron chi connectivity index (χ4n) is 0.591. The molecule has 0 spiro atoms. The highest BCUT2D eigenvalue weighted by Gasteiger charge is 1.86. The molecule has 0 aromatic carbocycles. The second-order valence-corrected chi connectivity index (χ2v) is 1.77. The molecule has 1 radical (unpaired) electrons. The maximum atomic E-state index is 11.4. The molecule has 1 rings (SSSR count). The van der Waals surface area contributed by atoms with Crippen LogP contribution in [0.25, 0.3) is 0 Å². The first-order valence-corrected chi connectivity index (χ1v) is 2.72. The smallest absolute Gasteiger partial charge is 0.116 e. The van der Waals surface area contributed by atoms with Crippen molar-refractivity contribution in [3.8, 4) is 12.1 Å². The zero-order chi connectivity index (χ0) is 7.40. The molecule has 49 valence electrons. The summed E-state index contributed by atoms with van der Waals surface area (Å²) in [6.07, 6.45) is 2.81. The van der Waals surface area contributed by atoms with E-state index in [0.29, 0.717) is 5.69 Å². The Morgan fingerprint density at radius 1 is 1.60 bits per heavy atom. The van der Waals surface area contributed by atoms with Crippen molar-refractivity contribution < 1.29 is 4.39 Å². The molecule has 0 saturated heterocycles. The van der Waals surface area contributed by atoms with Gasteiger partial charge in [-0.05, 0) is 30.5 Å². The van der Waals surface area contributed by atoms with E-state index in [2.05, 4.69) is 17.8 Å². The van der Waals surface area contributed by atoms with E-state index in [1.807, 2.05) is 0 Å². The zero-order valence-electron chi connectivity index (χ0n) is 5.26. The van der Waals surface area contributed by atoms with Crippen molar-refractivity contribution in [2.45, 2.75) is 0 Å². The highest BCUT2D eigenvalue weighted by molar-refractivity contribution is 5.30. The molecule has 0 aliphatic heterocycles. The Balaban J connectivity index is 3.03. The summed E-state index contributed by atoms with van der Waals surface area (Å²) in [5.74, 6) is 2.18. The third-order valence-electron chi connectivity index (χ3n) is 1.000. The number of rotatable bonds is 0. The third-order valence-corrected chi connectivity index (χ3v) is 1.000. The second kappa shape index (κ2) is 2.98. The van der Waals surface area contributed by atoms with Crippen molar-refractivity contribution in [2.24, 2.45) is 0 Å². The lowest BCUT2D eigenvalue weighted by Gasteiger charge is -1.89. The van der Waals surface area contributed by atoms with E-state index in [4.69, 9.17) is 0 Å². The summed E-state index contributed by atoms with van der Waals surface area (Å²) in [6.45, 7) is 3.63. The van der Waals surface area contributed by atoms with Crippen molar-refractivity contribution in [3.05, 3.63) is 36.5 Å². The Labute approximate surface area is 58.9 Å². The molecule has 1 nitrogen and oxygen atoms in total. The molecule has 1 aromatic heterocycles. The van der Waals surface area contributed by atoms with Gasteiger partial charge in [0.25, 0.3) is 0 Å². The number of hydrogen-bond acceptors (Lipinski definition) is 1. The molecular weight excluding hydrogens is 129 g/mol. The van der Waals surface area contributed by atoms with Gasteiger partial charge in [0.1, 0.15) is 11.9 Å². The van der Waals surface area contributed by atoms with E-state index < -0.39 is 0 Å². The molecule has 0 aliphatic rings. The van der Waals surface area contributed by atoms with Crippen molar-refractivity contribution in [3.63, 3.8) is 0 Å². The fourth-order valence-corrected chi connectivity index (χ4v) is 0.591. The average Bonchev–Trinajstić information content (AvgIpc) is 1.88. The summed E-state index contributed by atoms with van der Waals surface area (Å²) >= 11 is 0. The van der Waals surface area contributed by atoms with E-state index in [9.17, 15) is 4.39 Å². The molecule has 0 fully saturated rings. The van der Waals surface area contributed by atoms with Crippen LogP contribution in [0.1, 0.15) is 11.3 Å². The maximum absolute atomic E-state index is 11.4. The van der Waals surface area contributed by atoms with Crippen LogP contribution in [0.15, 0.2) is 18.3 Å². The lowest BCUT2D eigenvalue weighted by atomic mass is 10.2. The average molecular weight is 134 g/mol. The van der Waals surface area contributed by atoms with Gasteiger partial charge in [-0.2, -0.15) is 0 Å². The first-order chi connectivity index (χ1) is 4.83.